The summed E-state index contributed by atoms with van der Waals surface area (Å²) in [6.07, 6.45) is 0. The lowest BCUT2D eigenvalue weighted by Gasteiger charge is -2.08. The summed E-state index contributed by atoms with van der Waals surface area (Å²) in [5.74, 6) is -2.43. The average Bonchev–Trinajstić information content (AvgIpc) is 2.77. The minimum Gasteiger partial charge on any atom is -0.504 e. The van der Waals surface area contributed by atoms with Crippen LogP contribution in [0.15, 0.2) is 72.8 Å². The van der Waals surface area contributed by atoms with Crippen LogP contribution in [-0.4, -0.2) is 40.9 Å². The monoisotopic (exact) mass is 436 g/mol. The Balaban J connectivity index is 0.000000181. The lowest BCUT2D eigenvalue weighted by molar-refractivity contribution is 0.400. The van der Waals surface area contributed by atoms with Gasteiger partial charge in [0.15, 0.2) is 46.0 Å². The van der Waals surface area contributed by atoms with Crippen molar-refractivity contribution in [2.45, 2.75) is 0 Å². The zero-order valence-corrected chi connectivity index (χ0v) is 16.5. The molecule has 0 aliphatic rings. The number of aromatic hydroxyl groups is 8. The number of rotatable bonds is 2. The van der Waals surface area contributed by atoms with Crippen LogP contribution in [0.25, 0.3) is 22.3 Å². The van der Waals surface area contributed by atoms with E-state index in [0.29, 0.717) is 0 Å². The predicted octanol–water partition coefficient (Wildman–Crippen LogP) is 4.35. The fourth-order valence-electron chi connectivity index (χ4n) is 2.99. The molecule has 8 N–H and O–H groups in total. The number of phenolic OH excluding ortho intramolecular Hbond substituents is 8. The van der Waals surface area contributed by atoms with E-state index in [4.69, 9.17) is 0 Å². The summed E-state index contributed by atoms with van der Waals surface area (Å²) in [4.78, 5) is 0. The molecule has 4 rings (SSSR count). The van der Waals surface area contributed by atoms with Gasteiger partial charge in [0.05, 0.1) is 0 Å². The van der Waals surface area contributed by atoms with Gasteiger partial charge in [0.25, 0.3) is 0 Å². The summed E-state index contributed by atoms with van der Waals surface area (Å²) in [6.45, 7) is 0. The molecule has 0 heterocycles. The van der Waals surface area contributed by atoms with Gasteiger partial charge in [-0.25, -0.2) is 0 Å². The largest absolute Gasteiger partial charge is 0.504 e. The van der Waals surface area contributed by atoms with Gasteiger partial charge in [0.1, 0.15) is 0 Å². The summed E-state index contributed by atoms with van der Waals surface area (Å²) in [5.41, 5.74) is 1.03. The van der Waals surface area contributed by atoms with Crippen molar-refractivity contribution in [1.29, 1.82) is 0 Å². The van der Waals surface area contributed by atoms with Gasteiger partial charge in [-0.1, -0.05) is 48.5 Å². The number of benzene rings is 4. The van der Waals surface area contributed by atoms with E-state index in [0.717, 1.165) is 0 Å². The van der Waals surface area contributed by atoms with Crippen molar-refractivity contribution in [1.82, 2.24) is 0 Å². The van der Waals surface area contributed by atoms with Gasteiger partial charge in [-0.05, 0) is 24.3 Å². The molecule has 8 heteroatoms. The highest BCUT2D eigenvalue weighted by Crippen LogP contribution is 2.44. The molecule has 0 aliphatic heterocycles. The first-order valence-corrected chi connectivity index (χ1v) is 9.26. The van der Waals surface area contributed by atoms with E-state index in [-0.39, 0.29) is 68.2 Å². The van der Waals surface area contributed by atoms with Crippen molar-refractivity contribution in [2.24, 2.45) is 0 Å². The van der Waals surface area contributed by atoms with Crippen LogP contribution in [0.5, 0.6) is 46.0 Å². The molecule has 4 aromatic carbocycles. The fraction of sp³-hybridized carbons (Fsp3) is 0. The first kappa shape index (κ1) is 22.0. The molecule has 0 aromatic heterocycles. The quantitative estimate of drug-likeness (QED) is 0.215. The summed E-state index contributed by atoms with van der Waals surface area (Å²) < 4.78 is 0. The third kappa shape index (κ3) is 4.24. The first-order valence-electron chi connectivity index (χ1n) is 9.26. The van der Waals surface area contributed by atoms with Crippen LogP contribution in [0.3, 0.4) is 0 Å². The maximum Gasteiger partial charge on any atom is 0.165 e. The van der Waals surface area contributed by atoms with Crippen molar-refractivity contribution < 1.29 is 40.9 Å². The Morgan fingerprint density at radius 3 is 0.656 bits per heavy atom. The van der Waals surface area contributed by atoms with Crippen LogP contribution >= 0.6 is 0 Å². The molecule has 0 spiro atoms. The lowest BCUT2D eigenvalue weighted by atomic mass is 10.0. The van der Waals surface area contributed by atoms with E-state index in [9.17, 15) is 40.9 Å². The Hall–Kier alpha value is -4.72. The number of para-hydroxylation sites is 4. The molecule has 0 atom stereocenters. The molecule has 0 bridgehead atoms. The molecule has 0 saturated carbocycles. The maximum absolute atomic E-state index is 9.62. The van der Waals surface area contributed by atoms with Gasteiger partial charge in [-0.3, -0.25) is 0 Å². The highest BCUT2D eigenvalue weighted by molar-refractivity contribution is 5.80. The van der Waals surface area contributed by atoms with E-state index in [1.54, 1.807) is 0 Å². The van der Waals surface area contributed by atoms with Crippen LogP contribution in [0, 0.1) is 0 Å². The summed E-state index contributed by atoms with van der Waals surface area (Å²) in [6, 6.07) is 17.6. The summed E-state index contributed by atoms with van der Waals surface area (Å²) in [5, 5.41) is 75.8. The molecule has 32 heavy (non-hydrogen) atoms. The second-order valence-electron chi connectivity index (χ2n) is 6.69. The number of phenols is 8. The summed E-state index contributed by atoms with van der Waals surface area (Å²) in [7, 11) is 0. The minimum atomic E-state index is -0.330. The van der Waals surface area contributed by atoms with Crippen LogP contribution in [0.4, 0.5) is 0 Å². The minimum absolute atomic E-state index is 0.258. The van der Waals surface area contributed by atoms with Gasteiger partial charge in [0, 0.05) is 22.3 Å². The second-order valence-corrected chi connectivity index (χ2v) is 6.69. The highest BCUT2D eigenvalue weighted by atomic mass is 16.3. The zero-order valence-electron chi connectivity index (χ0n) is 16.5. The number of hydrogen-bond donors (Lipinski definition) is 8. The van der Waals surface area contributed by atoms with E-state index in [1.165, 1.54) is 72.8 Å². The molecule has 8 nitrogen and oxygen atoms in total. The topological polar surface area (TPSA) is 162 Å². The molecule has 0 saturated heterocycles. The molecule has 4 aromatic rings. The van der Waals surface area contributed by atoms with Crippen LogP contribution in [-0.2, 0) is 0 Å². The Labute approximate surface area is 182 Å². The Kier molecular flexibility index (Phi) is 6.16. The molecule has 0 aliphatic carbocycles. The van der Waals surface area contributed by atoms with Crippen LogP contribution in [0.2, 0.25) is 0 Å². The Bertz CT molecular complexity index is 1070. The van der Waals surface area contributed by atoms with E-state index >= 15 is 0 Å². The first-order chi connectivity index (χ1) is 15.2. The van der Waals surface area contributed by atoms with E-state index in [2.05, 4.69) is 0 Å². The molecule has 0 unspecified atom stereocenters. The predicted molar refractivity (Wildman–Crippen MR) is 117 cm³/mol. The number of hydrogen-bond acceptors (Lipinski definition) is 8. The molecule has 0 fully saturated rings. The molecule has 0 radical (unpaired) electrons. The molecular weight excluding hydrogens is 416 g/mol. The van der Waals surface area contributed by atoms with E-state index < -0.39 is 0 Å². The van der Waals surface area contributed by atoms with Crippen LogP contribution < -0.4 is 0 Å². The molecular formula is C24H20O8. The normalized spacial score (nSPS) is 10.2. The van der Waals surface area contributed by atoms with Gasteiger partial charge >= 0.3 is 0 Å². The van der Waals surface area contributed by atoms with Crippen molar-refractivity contribution >= 4 is 0 Å². The fourth-order valence-corrected chi connectivity index (χ4v) is 2.99. The van der Waals surface area contributed by atoms with Crippen molar-refractivity contribution in [3.05, 3.63) is 72.8 Å². The van der Waals surface area contributed by atoms with Crippen molar-refractivity contribution in [2.75, 3.05) is 0 Å². The van der Waals surface area contributed by atoms with Gasteiger partial charge < -0.3 is 40.9 Å². The summed E-state index contributed by atoms with van der Waals surface area (Å²) >= 11 is 0. The SMILES string of the molecule is Oc1cccc(-c2cccc(O)c2O)c1O.Oc1cccc(-c2cccc(O)c2O)c1O. The maximum atomic E-state index is 9.62. The molecule has 0 amide bonds. The lowest BCUT2D eigenvalue weighted by Crippen LogP contribution is -1.81. The Morgan fingerprint density at radius 1 is 0.281 bits per heavy atom. The van der Waals surface area contributed by atoms with Crippen molar-refractivity contribution in [3.8, 4) is 68.2 Å². The molecule has 164 valence electrons. The van der Waals surface area contributed by atoms with Crippen molar-refractivity contribution in [3.63, 3.8) is 0 Å². The van der Waals surface area contributed by atoms with Gasteiger partial charge in [0.2, 0.25) is 0 Å². The zero-order chi connectivity index (χ0) is 23.4. The van der Waals surface area contributed by atoms with Gasteiger partial charge in [-0.2, -0.15) is 0 Å². The average molecular weight is 436 g/mol. The third-order valence-corrected chi connectivity index (χ3v) is 4.64. The van der Waals surface area contributed by atoms with Crippen LogP contribution in [0.1, 0.15) is 0 Å². The smallest absolute Gasteiger partial charge is 0.165 e. The Morgan fingerprint density at radius 2 is 0.469 bits per heavy atom. The van der Waals surface area contributed by atoms with Gasteiger partial charge in [-0.15, -0.1) is 0 Å². The second kappa shape index (κ2) is 8.97. The third-order valence-electron chi connectivity index (χ3n) is 4.64. The van der Waals surface area contributed by atoms with E-state index in [1.807, 2.05) is 0 Å². The standard InChI is InChI=1S/2C12H10O4/c2*13-9-5-1-3-7(11(9)15)8-4-2-6-10(14)12(8)16/h2*1-6,13-16H. The highest BCUT2D eigenvalue weighted by Gasteiger charge is 2.14.